The minimum absolute atomic E-state index is 0.527. The standard InChI is InChI=1S/C23H30N/c1-15-10-17(3)22(18(4)11-15)21-8-7-9-24(14-21)23-19(5)12-16(2)13-20(23)6/h10-14,21H,7-9H2,1-6H3/q+1. The molecular formula is C23H30N+. The molecule has 1 aliphatic heterocycles. The van der Waals surface area contributed by atoms with Crippen LogP contribution in [0.4, 0.5) is 5.69 Å². The Labute approximate surface area is 147 Å². The molecule has 0 saturated carbocycles. The topological polar surface area (TPSA) is 3.01 Å². The lowest BCUT2D eigenvalue weighted by molar-refractivity contribution is -0.443. The SMILES string of the molecule is Cc1cc(C)c(C2C=[N+](c3c(C)cc(C)cc3C)CCC2)c(C)c1. The molecule has 0 amide bonds. The lowest BCUT2D eigenvalue weighted by Crippen LogP contribution is -2.22. The van der Waals surface area contributed by atoms with Crippen molar-refractivity contribution in [3.63, 3.8) is 0 Å². The van der Waals surface area contributed by atoms with Gasteiger partial charge in [0.1, 0.15) is 6.54 Å². The molecule has 1 atom stereocenters. The van der Waals surface area contributed by atoms with E-state index in [1.54, 1.807) is 0 Å². The lowest BCUT2D eigenvalue weighted by atomic mass is 9.85. The van der Waals surface area contributed by atoms with Gasteiger partial charge in [0.15, 0.2) is 6.21 Å². The van der Waals surface area contributed by atoms with Gasteiger partial charge in [-0.3, -0.25) is 0 Å². The predicted molar refractivity (Wildman–Crippen MR) is 104 cm³/mol. The Kier molecular flexibility index (Phi) is 4.62. The highest BCUT2D eigenvalue weighted by Crippen LogP contribution is 2.33. The predicted octanol–water partition coefficient (Wildman–Crippen LogP) is 5.83. The number of hydrogen-bond acceptors (Lipinski definition) is 0. The van der Waals surface area contributed by atoms with Crippen LogP contribution in [0.25, 0.3) is 0 Å². The van der Waals surface area contributed by atoms with Crippen LogP contribution in [0.2, 0.25) is 0 Å². The molecule has 0 saturated heterocycles. The number of hydrogen-bond donors (Lipinski definition) is 0. The summed E-state index contributed by atoms with van der Waals surface area (Å²) < 4.78 is 2.51. The number of nitrogens with zero attached hydrogens (tertiary/aromatic N) is 1. The summed E-state index contributed by atoms with van der Waals surface area (Å²) in [6, 6.07) is 9.28. The normalized spacial score (nSPS) is 17.8. The van der Waals surface area contributed by atoms with Gasteiger partial charge in [0.05, 0.1) is 5.92 Å². The molecule has 0 aliphatic carbocycles. The van der Waals surface area contributed by atoms with Gasteiger partial charge in [0.2, 0.25) is 5.69 Å². The van der Waals surface area contributed by atoms with Crippen molar-refractivity contribution < 1.29 is 4.58 Å². The fourth-order valence-electron chi connectivity index (χ4n) is 4.65. The Morgan fingerprint density at radius 2 is 1.25 bits per heavy atom. The minimum atomic E-state index is 0.527. The van der Waals surface area contributed by atoms with Crippen LogP contribution in [-0.2, 0) is 0 Å². The summed E-state index contributed by atoms with van der Waals surface area (Å²) in [5.74, 6) is 0.527. The fourth-order valence-corrected chi connectivity index (χ4v) is 4.65. The Morgan fingerprint density at radius 1 is 0.750 bits per heavy atom. The molecule has 0 radical (unpaired) electrons. The van der Waals surface area contributed by atoms with Crippen LogP contribution < -0.4 is 0 Å². The zero-order valence-corrected chi connectivity index (χ0v) is 16.0. The summed E-state index contributed by atoms with van der Waals surface area (Å²) in [4.78, 5) is 0. The van der Waals surface area contributed by atoms with Crippen molar-refractivity contribution in [1.29, 1.82) is 0 Å². The molecule has 1 heteroatoms. The van der Waals surface area contributed by atoms with E-state index in [1.165, 1.54) is 57.5 Å². The molecule has 0 bridgehead atoms. The smallest absolute Gasteiger partial charge is 0.202 e. The van der Waals surface area contributed by atoms with E-state index < -0.39 is 0 Å². The summed E-state index contributed by atoms with van der Waals surface area (Å²) >= 11 is 0. The maximum Gasteiger partial charge on any atom is 0.210 e. The maximum absolute atomic E-state index is 2.51. The molecule has 0 aromatic heterocycles. The van der Waals surface area contributed by atoms with Crippen molar-refractivity contribution in [2.75, 3.05) is 6.54 Å². The van der Waals surface area contributed by atoms with Crippen molar-refractivity contribution in [2.24, 2.45) is 0 Å². The molecule has 2 aromatic carbocycles. The average Bonchev–Trinajstić information content (AvgIpc) is 2.45. The van der Waals surface area contributed by atoms with Gasteiger partial charge < -0.3 is 0 Å². The maximum atomic E-state index is 2.51. The van der Waals surface area contributed by atoms with Gasteiger partial charge in [0, 0.05) is 17.5 Å². The van der Waals surface area contributed by atoms with Crippen molar-refractivity contribution in [3.8, 4) is 0 Å². The highest BCUT2D eigenvalue weighted by molar-refractivity contribution is 5.68. The molecule has 3 rings (SSSR count). The molecule has 0 N–H and O–H groups in total. The van der Waals surface area contributed by atoms with Crippen LogP contribution in [0.15, 0.2) is 24.3 Å². The Balaban J connectivity index is 2.07. The average molecular weight is 321 g/mol. The number of benzene rings is 2. The second kappa shape index (κ2) is 6.55. The molecular weight excluding hydrogens is 290 g/mol. The first-order chi connectivity index (χ1) is 11.4. The monoisotopic (exact) mass is 320 g/mol. The van der Waals surface area contributed by atoms with Crippen LogP contribution in [-0.4, -0.2) is 17.3 Å². The third-order valence-corrected chi connectivity index (χ3v) is 5.31. The summed E-state index contributed by atoms with van der Waals surface area (Å²) in [6.45, 7) is 14.5. The van der Waals surface area contributed by atoms with Gasteiger partial charge in [-0.25, -0.2) is 4.58 Å². The van der Waals surface area contributed by atoms with E-state index in [2.05, 4.69) is 76.6 Å². The van der Waals surface area contributed by atoms with Gasteiger partial charge >= 0.3 is 0 Å². The lowest BCUT2D eigenvalue weighted by Gasteiger charge is -2.22. The minimum Gasteiger partial charge on any atom is -0.202 e. The Bertz CT molecular complexity index is 765. The summed E-state index contributed by atoms with van der Waals surface area (Å²) in [5, 5.41) is 0. The van der Waals surface area contributed by atoms with Crippen molar-refractivity contribution in [3.05, 3.63) is 63.2 Å². The quantitative estimate of drug-likeness (QED) is 0.612. The summed E-state index contributed by atoms with van der Waals surface area (Å²) in [6.07, 6.45) is 4.99. The van der Waals surface area contributed by atoms with Gasteiger partial charge in [-0.05, 0) is 76.8 Å². The molecule has 1 unspecified atom stereocenters. The first kappa shape index (κ1) is 17.0. The molecule has 0 fully saturated rings. The highest BCUT2D eigenvalue weighted by atomic mass is 15.0. The van der Waals surface area contributed by atoms with Crippen molar-refractivity contribution in [1.82, 2.24) is 0 Å². The van der Waals surface area contributed by atoms with Crippen molar-refractivity contribution in [2.45, 2.75) is 60.3 Å². The summed E-state index contributed by atoms with van der Waals surface area (Å²) in [7, 11) is 0. The zero-order valence-electron chi connectivity index (χ0n) is 16.0. The number of rotatable bonds is 2. The van der Waals surface area contributed by atoms with E-state index >= 15 is 0 Å². The van der Waals surface area contributed by atoms with E-state index in [0.717, 1.165) is 6.54 Å². The third-order valence-electron chi connectivity index (χ3n) is 5.31. The van der Waals surface area contributed by atoms with Crippen LogP contribution in [0, 0.1) is 41.5 Å². The van der Waals surface area contributed by atoms with Crippen LogP contribution >= 0.6 is 0 Å². The molecule has 2 aromatic rings. The molecule has 24 heavy (non-hydrogen) atoms. The molecule has 0 spiro atoms. The second-order valence-corrected chi connectivity index (χ2v) is 7.65. The number of aryl methyl sites for hydroxylation is 6. The first-order valence-corrected chi connectivity index (χ1v) is 9.14. The van der Waals surface area contributed by atoms with Crippen LogP contribution in [0.5, 0.6) is 0 Å². The van der Waals surface area contributed by atoms with E-state index in [1.807, 2.05) is 0 Å². The molecule has 1 aliphatic rings. The van der Waals surface area contributed by atoms with Gasteiger partial charge in [-0.15, -0.1) is 0 Å². The first-order valence-electron chi connectivity index (χ1n) is 9.14. The largest absolute Gasteiger partial charge is 0.210 e. The van der Waals surface area contributed by atoms with Gasteiger partial charge in [0.25, 0.3) is 0 Å². The van der Waals surface area contributed by atoms with Gasteiger partial charge in [-0.1, -0.05) is 23.3 Å². The summed E-state index contributed by atoms with van der Waals surface area (Å²) in [5.41, 5.74) is 11.3. The Hall–Kier alpha value is -1.89. The van der Waals surface area contributed by atoms with E-state index in [9.17, 15) is 0 Å². The fraction of sp³-hybridized carbons (Fsp3) is 0.435. The van der Waals surface area contributed by atoms with Crippen molar-refractivity contribution >= 4 is 11.9 Å². The molecule has 126 valence electrons. The highest BCUT2D eigenvalue weighted by Gasteiger charge is 2.26. The van der Waals surface area contributed by atoms with E-state index in [-0.39, 0.29) is 0 Å². The molecule has 1 heterocycles. The Morgan fingerprint density at radius 3 is 1.79 bits per heavy atom. The van der Waals surface area contributed by atoms with Gasteiger partial charge in [-0.2, -0.15) is 0 Å². The van der Waals surface area contributed by atoms with Crippen LogP contribution in [0.1, 0.15) is 57.7 Å². The van der Waals surface area contributed by atoms with E-state index in [4.69, 9.17) is 0 Å². The molecule has 1 nitrogen and oxygen atoms in total. The van der Waals surface area contributed by atoms with E-state index in [0.29, 0.717) is 5.92 Å². The van der Waals surface area contributed by atoms with Crippen LogP contribution in [0.3, 0.4) is 0 Å². The second-order valence-electron chi connectivity index (χ2n) is 7.65. The zero-order chi connectivity index (χ0) is 17.4. The third kappa shape index (κ3) is 3.17.